The molecule has 3 heterocycles. The van der Waals surface area contributed by atoms with E-state index in [2.05, 4.69) is 58.4 Å². The maximum atomic E-state index is 14.0. The highest BCUT2D eigenvalue weighted by Crippen LogP contribution is 2.47. The number of halogens is 3. The van der Waals surface area contributed by atoms with Crippen molar-refractivity contribution in [3.63, 3.8) is 0 Å². The molecule has 44 heavy (non-hydrogen) atoms. The quantitative estimate of drug-likeness (QED) is 0.153. The van der Waals surface area contributed by atoms with Crippen LogP contribution in [-0.4, -0.2) is 33.5 Å². The van der Waals surface area contributed by atoms with E-state index >= 15 is 0 Å². The van der Waals surface area contributed by atoms with Crippen molar-refractivity contribution >= 4 is 33.9 Å². The lowest BCUT2D eigenvalue weighted by molar-refractivity contribution is 0.00911. The van der Waals surface area contributed by atoms with Crippen molar-refractivity contribution in [2.45, 2.75) is 58.5 Å². The lowest BCUT2D eigenvalue weighted by atomic mass is 9.94. The van der Waals surface area contributed by atoms with Gasteiger partial charge in [-0.1, -0.05) is 44.5 Å². The van der Waals surface area contributed by atoms with Gasteiger partial charge in [0.1, 0.15) is 17.9 Å². The van der Waals surface area contributed by atoms with Crippen LogP contribution in [0.4, 0.5) is 20.2 Å². The molecule has 6 rings (SSSR count). The number of aromatic nitrogens is 2. The summed E-state index contributed by atoms with van der Waals surface area (Å²) in [7, 11) is 0. The van der Waals surface area contributed by atoms with Crippen LogP contribution in [0.1, 0.15) is 56.3 Å². The van der Waals surface area contributed by atoms with Gasteiger partial charge in [0.2, 0.25) is 5.89 Å². The van der Waals surface area contributed by atoms with E-state index in [-0.39, 0.29) is 5.41 Å². The second-order valence-electron chi connectivity index (χ2n) is 12.5. The smallest absolute Gasteiger partial charge is 0.262 e. The number of benzene rings is 2. The number of oxazole rings is 1. The molecule has 0 radical (unpaired) electrons. The fourth-order valence-corrected chi connectivity index (χ4v) is 5.69. The number of nitrogens with zero attached hydrogens (tertiary/aromatic N) is 4. The zero-order chi connectivity index (χ0) is 31.2. The summed E-state index contributed by atoms with van der Waals surface area (Å²) in [6.07, 6.45) is 4.60. The third-order valence-electron chi connectivity index (χ3n) is 8.05. The molecule has 0 bridgehead atoms. The van der Waals surface area contributed by atoms with E-state index < -0.39 is 18.0 Å². The van der Waals surface area contributed by atoms with E-state index in [1.54, 1.807) is 18.5 Å². The highest BCUT2D eigenvalue weighted by Gasteiger charge is 2.56. The Bertz CT molecular complexity index is 1770. The molecule has 1 atom stereocenters. The SMILES string of the molecule is Cc1c(-c2ncco2)cccc1[C@H](Nc1cc(Cl)c2ncc(C#N)c(NCC(C)(C)C)c2c1)C1=CN(C2(C(F)F)CC2)NN1. The first-order valence-electron chi connectivity index (χ1n) is 14.3. The van der Waals surface area contributed by atoms with Crippen LogP contribution in [0.2, 0.25) is 5.02 Å². The van der Waals surface area contributed by atoms with E-state index in [0.29, 0.717) is 63.8 Å². The van der Waals surface area contributed by atoms with Crippen molar-refractivity contribution in [1.29, 1.82) is 5.26 Å². The standard InChI is InChI=1S/C32H33ClF2N8O/c1-18-21(6-5-7-22(18)29-37-10-11-44-29)28(25-16-43(42-41-25)32(8-9-32)30(34)35)40-20-12-23-26(39-17-31(2,3)4)19(14-36)15-38-27(23)24(33)13-20/h5-7,10-13,15-16,28,30,40-42H,8-9,17H2,1-4H3,(H,38,39)/t28-/m0/s1. The average Bonchev–Trinajstić information content (AvgIpc) is 3.36. The van der Waals surface area contributed by atoms with Gasteiger partial charge in [0.25, 0.3) is 6.43 Å². The Kier molecular flexibility index (Phi) is 7.59. The van der Waals surface area contributed by atoms with Crippen molar-refractivity contribution < 1.29 is 13.2 Å². The second kappa shape index (κ2) is 11.3. The molecule has 9 nitrogen and oxygen atoms in total. The number of rotatable bonds is 9. The van der Waals surface area contributed by atoms with Gasteiger partial charge in [-0.2, -0.15) is 5.26 Å². The van der Waals surface area contributed by atoms with Crippen molar-refractivity contribution in [2.24, 2.45) is 5.41 Å². The van der Waals surface area contributed by atoms with Crippen LogP contribution in [0.25, 0.3) is 22.4 Å². The van der Waals surface area contributed by atoms with Crippen LogP contribution in [0, 0.1) is 23.7 Å². The molecular weight excluding hydrogens is 586 g/mol. The molecule has 228 valence electrons. The lowest BCUT2D eigenvalue weighted by Crippen LogP contribution is -2.48. The lowest BCUT2D eigenvalue weighted by Gasteiger charge is -2.25. The summed E-state index contributed by atoms with van der Waals surface area (Å²) >= 11 is 6.79. The Hall–Kier alpha value is -4.40. The first-order valence-corrected chi connectivity index (χ1v) is 14.7. The van der Waals surface area contributed by atoms with Gasteiger partial charge in [0.15, 0.2) is 0 Å². The van der Waals surface area contributed by atoms with E-state index in [1.807, 2.05) is 31.2 Å². The van der Waals surface area contributed by atoms with Gasteiger partial charge in [-0.3, -0.25) is 9.99 Å². The van der Waals surface area contributed by atoms with Crippen LogP contribution in [0.15, 0.2) is 65.3 Å². The highest BCUT2D eigenvalue weighted by molar-refractivity contribution is 6.35. The number of hydrazine groups is 2. The minimum Gasteiger partial charge on any atom is -0.445 e. The summed E-state index contributed by atoms with van der Waals surface area (Å²) in [5, 5.41) is 19.5. The second-order valence-corrected chi connectivity index (χ2v) is 12.9. The van der Waals surface area contributed by atoms with Crippen molar-refractivity contribution in [2.75, 3.05) is 17.2 Å². The molecule has 4 aromatic rings. The van der Waals surface area contributed by atoms with Gasteiger partial charge in [0.05, 0.1) is 39.7 Å². The number of hydrogen-bond acceptors (Lipinski definition) is 9. The molecule has 1 fully saturated rings. The van der Waals surface area contributed by atoms with Crippen LogP contribution in [-0.2, 0) is 0 Å². The molecule has 0 unspecified atom stereocenters. The first-order chi connectivity index (χ1) is 21.0. The van der Waals surface area contributed by atoms with Crippen LogP contribution < -0.4 is 21.6 Å². The van der Waals surface area contributed by atoms with Gasteiger partial charge in [-0.15, -0.1) is 5.53 Å². The van der Waals surface area contributed by atoms with E-state index in [9.17, 15) is 14.0 Å². The minimum absolute atomic E-state index is 0.0465. The number of nitriles is 1. The van der Waals surface area contributed by atoms with Crippen LogP contribution in [0.5, 0.6) is 0 Å². The highest BCUT2D eigenvalue weighted by atomic mass is 35.5. The Labute approximate surface area is 259 Å². The normalized spacial score (nSPS) is 16.4. The molecule has 1 aliphatic heterocycles. The van der Waals surface area contributed by atoms with Gasteiger partial charge in [-0.25, -0.2) is 13.8 Å². The molecule has 4 N–H and O–H groups in total. The van der Waals surface area contributed by atoms with Crippen molar-refractivity contribution in [3.8, 4) is 17.5 Å². The molecule has 0 saturated heterocycles. The minimum atomic E-state index is -2.51. The fourth-order valence-electron chi connectivity index (χ4n) is 5.42. The molecule has 1 aliphatic carbocycles. The number of fused-ring (bicyclic) bond motifs is 1. The topological polar surface area (TPSA) is 114 Å². The number of alkyl halides is 2. The van der Waals surface area contributed by atoms with E-state index in [0.717, 1.165) is 16.7 Å². The zero-order valence-electron chi connectivity index (χ0n) is 24.8. The summed E-state index contributed by atoms with van der Waals surface area (Å²) in [4.78, 5) is 8.80. The predicted octanol–water partition coefficient (Wildman–Crippen LogP) is 7.30. The first kappa shape index (κ1) is 29.7. The summed E-state index contributed by atoms with van der Waals surface area (Å²) in [6, 6.07) is 11.2. The number of anilines is 2. The van der Waals surface area contributed by atoms with Gasteiger partial charge >= 0.3 is 0 Å². The van der Waals surface area contributed by atoms with Crippen molar-refractivity contribution in [1.82, 2.24) is 25.9 Å². The Morgan fingerprint density at radius 1 is 1.23 bits per heavy atom. The molecular formula is C32H33ClF2N8O. The number of hydrogen-bond donors (Lipinski definition) is 4. The largest absolute Gasteiger partial charge is 0.445 e. The summed E-state index contributed by atoms with van der Waals surface area (Å²) in [5.74, 6) is 0.476. The molecule has 2 aliphatic rings. The zero-order valence-corrected chi connectivity index (χ0v) is 25.6. The summed E-state index contributed by atoms with van der Waals surface area (Å²) in [5.41, 5.74) is 10.3. The summed E-state index contributed by atoms with van der Waals surface area (Å²) in [6.45, 7) is 8.91. The van der Waals surface area contributed by atoms with Crippen LogP contribution >= 0.6 is 11.6 Å². The van der Waals surface area contributed by atoms with Gasteiger partial charge in [0, 0.05) is 35.6 Å². The molecule has 1 saturated carbocycles. The maximum Gasteiger partial charge on any atom is 0.262 e. The Balaban J connectivity index is 1.45. The molecule has 12 heteroatoms. The number of pyridine rings is 1. The third kappa shape index (κ3) is 5.51. The molecule has 0 amide bonds. The van der Waals surface area contributed by atoms with Gasteiger partial charge in [-0.05, 0) is 54.5 Å². The predicted molar refractivity (Wildman–Crippen MR) is 167 cm³/mol. The number of nitrogens with one attached hydrogen (secondary N) is 4. The summed E-state index contributed by atoms with van der Waals surface area (Å²) < 4.78 is 33.6. The van der Waals surface area contributed by atoms with Gasteiger partial charge < -0.3 is 20.5 Å². The maximum absolute atomic E-state index is 14.0. The average molecular weight is 619 g/mol. The van der Waals surface area contributed by atoms with E-state index in [4.69, 9.17) is 16.0 Å². The van der Waals surface area contributed by atoms with Crippen molar-refractivity contribution in [3.05, 3.63) is 82.6 Å². The third-order valence-corrected chi connectivity index (χ3v) is 8.34. The van der Waals surface area contributed by atoms with Crippen LogP contribution in [0.3, 0.4) is 0 Å². The monoisotopic (exact) mass is 618 g/mol. The Morgan fingerprint density at radius 3 is 2.68 bits per heavy atom. The molecule has 2 aromatic carbocycles. The Morgan fingerprint density at radius 2 is 2.02 bits per heavy atom. The molecule has 2 aromatic heterocycles. The molecule has 0 spiro atoms. The van der Waals surface area contributed by atoms with E-state index in [1.165, 1.54) is 17.5 Å². The fraction of sp³-hybridized carbons (Fsp3) is 0.344.